The van der Waals surface area contributed by atoms with E-state index < -0.39 is 0 Å². The second-order valence-electron chi connectivity index (χ2n) is 8.18. The number of carbonyl (C=O) groups excluding carboxylic acids is 2. The zero-order chi connectivity index (χ0) is 22.3. The van der Waals surface area contributed by atoms with Gasteiger partial charge in [-0.1, -0.05) is 78.9 Å². The standard InChI is InChI=1S/C27H29N3O2/c1-21(31)28-16-17-29-20-27(32)30(19-24(29)18-22-10-4-2-5-11-22)26-15-9-8-14-25(26)23-12-6-3-7-13-23/h2-15,24H,16-20H2,1H3,(H,28,31)/t24-/m0/s1. The number of carbonyl (C=O) groups is 2. The number of rotatable bonds is 7. The lowest BCUT2D eigenvalue weighted by Crippen LogP contribution is -2.58. The molecular weight excluding hydrogens is 398 g/mol. The molecule has 5 nitrogen and oxygen atoms in total. The lowest BCUT2D eigenvalue weighted by atomic mass is 9.98. The molecule has 0 unspecified atom stereocenters. The van der Waals surface area contributed by atoms with Crippen molar-refractivity contribution in [3.05, 3.63) is 90.5 Å². The first-order chi connectivity index (χ1) is 15.6. The van der Waals surface area contributed by atoms with Crippen LogP contribution < -0.4 is 10.2 Å². The lowest BCUT2D eigenvalue weighted by molar-refractivity contribution is -0.122. The summed E-state index contributed by atoms with van der Waals surface area (Å²) < 4.78 is 0. The van der Waals surface area contributed by atoms with E-state index in [1.54, 1.807) is 0 Å². The summed E-state index contributed by atoms with van der Waals surface area (Å²) in [5, 5.41) is 2.86. The van der Waals surface area contributed by atoms with Crippen LogP contribution in [0.25, 0.3) is 11.1 Å². The highest BCUT2D eigenvalue weighted by Crippen LogP contribution is 2.32. The maximum absolute atomic E-state index is 13.3. The first-order valence-corrected chi connectivity index (χ1v) is 11.1. The molecule has 0 spiro atoms. The van der Waals surface area contributed by atoms with Crippen molar-refractivity contribution in [2.24, 2.45) is 0 Å². The molecule has 1 saturated heterocycles. The Labute approximate surface area is 189 Å². The van der Waals surface area contributed by atoms with Crippen molar-refractivity contribution in [2.75, 3.05) is 31.1 Å². The Kier molecular flexibility index (Phi) is 6.97. The number of anilines is 1. The zero-order valence-corrected chi connectivity index (χ0v) is 18.4. The number of hydrogen-bond acceptors (Lipinski definition) is 3. The van der Waals surface area contributed by atoms with E-state index in [1.165, 1.54) is 12.5 Å². The van der Waals surface area contributed by atoms with Gasteiger partial charge in [0.25, 0.3) is 0 Å². The smallest absolute Gasteiger partial charge is 0.241 e. The maximum atomic E-state index is 13.3. The highest BCUT2D eigenvalue weighted by atomic mass is 16.2. The average Bonchev–Trinajstić information content (AvgIpc) is 2.82. The molecule has 1 aliphatic rings. The van der Waals surface area contributed by atoms with Gasteiger partial charge in [0.15, 0.2) is 0 Å². The molecule has 1 N–H and O–H groups in total. The number of piperazine rings is 1. The second kappa shape index (κ2) is 10.2. The van der Waals surface area contributed by atoms with Gasteiger partial charge in [-0.15, -0.1) is 0 Å². The van der Waals surface area contributed by atoms with Crippen molar-refractivity contribution in [3.8, 4) is 11.1 Å². The van der Waals surface area contributed by atoms with Crippen molar-refractivity contribution in [3.63, 3.8) is 0 Å². The molecule has 4 rings (SSSR count). The molecule has 1 atom stereocenters. The van der Waals surface area contributed by atoms with Crippen LogP contribution in [0, 0.1) is 0 Å². The number of hydrogen-bond donors (Lipinski definition) is 1. The number of nitrogens with one attached hydrogen (secondary N) is 1. The number of benzene rings is 3. The van der Waals surface area contributed by atoms with Crippen molar-refractivity contribution in [2.45, 2.75) is 19.4 Å². The van der Waals surface area contributed by atoms with Gasteiger partial charge in [0.1, 0.15) is 0 Å². The molecule has 5 heteroatoms. The normalized spacial score (nSPS) is 16.7. The SMILES string of the molecule is CC(=O)NCCN1CC(=O)N(c2ccccc2-c2ccccc2)C[C@@H]1Cc1ccccc1. The van der Waals surface area contributed by atoms with Crippen LogP contribution in [0.2, 0.25) is 0 Å². The van der Waals surface area contributed by atoms with E-state index >= 15 is 0 Å². The van der Waals surface area contributed by atoms with Gasteiger partial charge in [0.2, 0.25) is 11.8 Å². The second-order valence-corrected chi connectivity index (χ2v) is 8.18. The van der Waals surface area contributed by atoms with E-state index in [1.807, 2.05) is 59.5 Å². The Balaban J connectivity index is 1.61. The number of amides is 2. The highest BCUT2D eigenvalue weighted by Gasteiger charge is 2.33. The number of nitrogens with zero attached hydrogens (tertiary/aromatic N) is 2. The Morgan fingerprint density at radius 2 is 1.59 bits per heavy atom. The first kappa shape index (κ1) is 21.8. The summed E-state index contributed by atoms with van der Waals surface area (Å²) >= 11 is 0. The van der Waals surface area contributed by atoms with Gasteiger partial charge in [-0.25, -0.2) is 0 Å². The van der Waals surface area contributed by atoms with E-state index in [4.69, 9.17) is 0 Å². The summed E-state index contributed by atoms with van der Waals surface area (Å²) in [6.07, 6.45) is 0.845. The van der Waals surface area contributed by atoms with Gasteiger partial charge in [-0.3, -0.25) is 14.5 Å². The van der Waals surface area contributed by atoms with Crippen LogP contribution in [0.15, 0.2) is 84.9 Å². The Hall–Kier alpha value is -3.44. The van der Waals surface area contributed by atoms with Gasteiger partial charge in [0.05, 0.1) is 12.2 Å². The van der Waals surface area contributed by atoms with Gasteiger partial charge < -0.3 is 10.2 Å². The molecule has 1 aliphatic heterocycles. The molecule has 2 amide bonds. The van der Waals surface area contributed by atoms with Crippen molar-refractivity contribution >= 4 is 17.5 Å². The molecule has 0 aromatic heterocycles. The first-order valence-electron chi connectivity index (χ1n) is 11.1. The quantitative estimate of drug-likeness (QED) is 0.625. The molecule has 1 fully saturated rings. The van der Waals surface area contributed by atoms with Gasteiger partial charge in [-0.2, -0.15) is 0 Å². The third-order valence-corrected chi connectivity index (χ3v) is 5.92. The Bertz CT molecular complexity index is 1050. The number of para-hydroxylation sites is 1. The predicted molar refractivity (Wildman–Crippen MR) is 128 cm³/mol. The van der Waals surface area contributed by atoms with Crippen LogP contribution in [-0.2, 0) is 16.0 Å². The molecule has 164 valence electrons. The fraction of sp³-hybridized carbons (Fsp3) is 0.259. The highest BCUT2D eigenvalue weighted by molar-refractivity contribution is 5.99. The van der Waals surface area contributed by atoms with E-state index in [9.17, 15) is 9.59 Å². The minimum absolute atomic E-state index is 0.0497. The maximum Gasteiger partial charge on any atom is 0.241 e. The molecular formula is C27H29N3O2. The van der Waals surface area contributed by atoms with Gasteiger partial charge >= 0.3 is 0 Å². The predicted octanol–water partition coefficient (Wildman–Crippen LogP) is 3.75. The summed E-state index contributed by atoms with van der Waals surface area (Å²) in [6.45, 7) is 3.65. The minimum atomic E-state index is -0.0497. The van der Waals surface area contributed by atoms with E-state index in [-0.39, 0.29) is 17.9 Å². The van der Waals surface area contributed by atoms with Crippen molar-refractivity contribution in [1.82, 2.24) is 10.2 Å². The molecule has 0 radical (unpaired) electrons. The lowest BCUT2D eigenvalue weighted by Gasteiger charge is -2.41. The fourth-order valence-corrected chi connectivity index (χ4v) is 4.34. The van der Waals surface area contributed by atoms with Crippen molar-refractivity contribution in [1.29, 1.82) is 0 Å². The van der Waals surface area contributed by atoms with E-state index in [0.717, 1.165) is 23.2 Å². The molecule has 0 aliphatic carbocycles. The Morgan fingerprint density at radius 1 is 0.938 bits per heavy atom. The van der Waals surface area contributed by atoms with Crippen LogP contribution in [0.5, 0.6) is 0 Å². The van der Waals surface area contributed by atoms with Crippen LogP contribution in [-0.4, -0.2) is 48.9 Å². The molecule has 3 aromatic carbocycles. The van der Waals surface area contributed by atoms with E-state index in [0.29, 0.717) is 26.2 Å². The fourth-order valence-electron chi connectivity index (χ4n) is 4.34. The van der Waals surface area contributed by atoms with Crippen molar-refractivity contribution < 1.29 is 9.59 Å². The molecule has 32 heavy (non-hydrogen) atoms. The minimum Gasteiger partial charge on any atom is -0.355 e. The largest absolute Gasteiger partial charge is 0.355 e. The summed E-state index contributed by atoms with van der Waals surface area (Å²) in [6, 6.07) is 28.8. The van der Waals surface area contributed by atoms with E-state index in [2.05, 4.69) is 40.5 Å². The van der Waals surface area contributed by atoms with Crippen LogP contribution in [0.1, 0.15) is 12.5 Å². The third-order valence-electron chi connectivity index (χ3n) is 5.92. The summed E-state index contributed by atoms with van der Waals surface area (Å²) in [7, 11) is 0. The molecule has 3 aromatic rings. The molecule has 0 saturated carbocycles. The molecule has 0 bridgehead atoms. The summed E-state index contributed by atoms with van der Waals surface area (Å²) in [5.41, 5.74) is 4.35. The van der Waals surface area contributed by atoms with Gasteiger partial charge in [-0.05, 0) is 23.6 Å². The zero-order valence-electron chi connectivity index (χ0n) is 18.4. The van der Waals surface area contributed by atoms with Crippen LogP contribution in [0.3, 0.4) is 0 Å². The molecule has 1 heterocycles. The van der Waals surface area contributed by atoms with Crippen LogP contribution >= 0.6 is 0 Å². The monoisotopic (exact) mass is 427 g/mol. The average molecular weight is 428 g/mol. The summed E-state index contributed by atoms with van der Waals surface area (Å²) in [5.74, 6) is 0.0341. The summed E-state index contributed by atoms with van der Waals surface area (Å²) in [4.78, 5) is 28.7. The Morgan fingerprint density at radius 3 is 2.31 bits per heavy atom. The van der Waals surface area contributed by atoms with Crippen LogP contribution in [0.4, 0.5) is 5.69 Å². The van der Waals surface area contributed by atoms with Gasteiger partial charge in [0, 0.05) is 38.2 Å². The topological polar surface area (TPSA) is 52.7 Å². The third kappa shape index (κ3) is 5.24.